The molecule has 0 atom stereocenters. The molecule has 0 bridgehead atoms. The van der Waals surface area contributed by atoms with Gasteiger partial charge in [-0.2, -0.15) is 0 Å². The van der Waals surface area contributed by atoms with Crippen LogP contribution in [0.5, 0.6) is 0 Å². The molecule has 1 saturated carbocycles. The van der Waals surface area contributed by atoms with Crippen molar-refractivity contribution in [1.29, 1.82) is 0 Å². The van der Waals surface area contributed by atoms with Crippen LogP contribution in [0.3, 0.4) is 0 Å². The van der Waals surface area contributed by atoms with E-state index < -0.39 is 0 Å². The summed E-state index contributed by atoms with van der Waals surface area (Å²) in [5, 5.41) is 12.4. The summed E-state index contributed by atoms with van der Waals surface area (Å²) in [7, 11) is 0. The average Bonchev–Trinajstić information content (AvgIpc) is 2.69. The second-order valence-corrected chi connectivity index (χ2v) is 6.40. The van der Waals surface area contributed by atoms with Crippen LogP contribution in [0, 0.1) is 5.41 Å². The van der Waals surface area contributed by atoms with Crippen LogP contribution in [0.4, 0.5) is 0 Å². The molecule has 2 N–H and O–H groups in total. The molecule has 2 aliphatic rings. The van der Waals surface area contributed by atoms with Crippen LogP contribution in [0.25, 0.3) is 0 Å². The Bertz CT molecular complexity index is 309. The van der Waals surface area contributed by atoms with Crippen molar-refractivity contribution in [2.24, 2.45) is 10.4 Å². The minimum absolute atomic E-state index is 0.133. The molecular formula is C16H31N3O. The smallest absolute Gasteiger partial charge is 0.194 e. The first kappa shape index (κ1) is 15.6. The summed E-state index contributed by atoms with van der Waals surface area (Å²) < 4.78 is 0. The van der Waals surface area contributed by atoms with E-state index in [4.69, 9.17) is 5.11 Å². The standard InChI is InChI=1S/C16H31N3O/c1-2-17-15(18-11-13-20)19-12-7-10-16(14-19)8-5-3-4-6-9-16/h20H,2-14H2,1H3,(H,17,18). The molecule has 1 aliphatic carbocycles. The van der Waals surface area contributed by atoms with Crippen molar-refractivity contribution >= 4 is 5.96 Å². The van der Waals surface area contributed by atoms with Crippen LogP contribution in [0.1, 0.15) is 58.3 Å². The summed E-state index contributed by atoms with van der Waals surface area (Å²) in [6.07, 6.45) is 11.1. The van der Waals surface area contributed by atoms with E-state index in [-0.39, 0.29) is 6.61 Å². The molecule has 1 saturated heterocycles. The summed E-state index contributed by atoms with van der Waals surface area (Å²) in [4.78, 5) is 6.98. The predicted molar refractivity (Wildman–Crippen MR) is 84.0 cm³/mol. The van der Waals surface area contributed by atoms with Crippen LogP contribution in [-0.2, 0) is 0 Å². The average molecular weight is 281 g/mol. The van der Waals surface area contributed by atoms with Crippen LogP contribution in [-0.4, -0.2) is 48.8 Å². The van der Waals surface area contributed by atoms with Gasteiger partial charge < -0.3 is 15.3 Å². The second-order valence-electron chi connectivity index (χ2n) is 6.40. The third-order valence-electron chi connectivity index (χ3n) is 4.82. The fourth-order valence-electron chi connectivity index (χ4n) is 3.86. The Balaban J connectivity index is 2.03. The molecule has 4 nitrogen and oxygen atoms in total. The fraction of sp³-hybridized carbons (Fsp3) is 0.938. The molecule has 2 rings (SSSR count). The molecule has 1 aliphatic heterocycles. The highest BCUT2D eigenvalue weighted by molar-refractivity contribution is 5.80. The van der Waals surface area contributed by atoms with Crippen molar-refractivity contribution in [2.45, 2.75) is 58.3 Å². The van der Waals surface area contributed by atoms with Gasteiger partial charge in [0.15, 0.2) is 5.96 Å². The van der Waals surface area contributed by atoms with E-state index in [9.17, 15) is 0 Å². The number of hydrogen-bond acceptors (Lipinski definition) is 2. The van der Waals surface area contributed by atoms with Gasteiger partial charge in [-0.3, -0.25) is 4.99 Å². The number of hydrogen-bond donors (Lipinski definition) is 2. The molecule has 0 amide bonds. The van der Waals surface area contributed by atoms with Gasteiger partial charge in [0.25, 0.3) is 0 Å². The Hall–Kier alpha value is -0.770. The van der Waals surface area contributed by atoms with Crippen LogP contribution in [0.2, 0.25) is 0 Å². The molecule has 1 heterocycles. The van der Waals surface area contributed by atoms with E-state index in [0.29, 0.717) is 12.0 Å². The summed E-state index contributed by atoms with van der Waals surface area (Å²) in [6.45, 7) is 5.91. The zero-order valence-electron chi connectivity index (χ0n) is 13.0. The van der Waals surface area contributed by atoms with Gasteiger partial charge in [-0.05, 0) is 38.0 Å². The Kier molecular flexibility index (Phi) is 6.14. The van der Waals surface area contributed by atoms with Crippen molar-refractivity contribution in [3.8, 4) is 0 Å². The molecule has 0 aromatic heterocycles. The van der Waals surface area contributed by atoms with E-state index in [1.165, 1.54) is 51.4 Å². The lowest BCUT2D eigenvalue weighted by atomic mass is 9.74. The Morgan fingerprint density at radius 1 is 1.15 bits per heavy atom. The minimum Gasteiger partial charge on any atom is -0.394 e. The fourth-order valence-corrected chi connectivity index (χ4v) is 3.86. The largest absolute Gasteiger partial charge is 0.394 e. The van der Waals surface area contributed by atoms with Gasteiger partial charge in [0.05, 0.1) is 13.2 Å². The van der Waals surface area contributed by atoms with E-state index in [1.807, 2.05) is 0 Å². The maximum absolute atomic E-state index is 9.01. The third kappa shape index (κ3) is 4.11. The van der Waals surface area contributed by atoms with Crippen LogP contribution < -0.4 is 5.32 Å². The Morgan fingerprint density at radius 2 is 1.85 bits per heavy atom. The zero-order chi connectivity index (χ0) is 14.3. The molecule has 1 spiro atoms. The van der Waals surface area contributed by atoms with Gasteiger partial charge in [0.1, 0.15) is 0 Å². The number of nitrogens with one attached hydrogen (secondary N) is 1. The van der Waals surface area contributed by atoms with Crippen molar-refractivity contribution in [3.05, 3.63) is 0 Å². The van der Waals surface area contributed by atoms with E-state index >= 15 is 0 Å². The lowest BCUT2D eigenvalue weighted by molar-refractivity contribution is 0.115. The monoisotopic (exact) mass is 281 g/mol. The van der Waals surface area contributed by atoms with Gasteiger partial charge in [0.2, 0.25) is 0 Å². The number of likely N-dealkylation sites (tertiary alicyclic amines) is 1. The van der Waals surface area contributed by atoms with Crippen molar-refractivity contribution < 1.29 is 5.11 Å². The van der Waals surface area contributed by atoms with Crippen molar-refractivity contribution in [2.75, 3.05) is 32.8 Å². The Morgan fingerprint density at radius 3 is 2.50 bits per heavy atom. The molecule has 0 unspecified atom stereocenters. The molecule has 116 valence electrons. The lowest BCUT2D eigenvalue weighted by Gasteiger charge is -2.44. The van der Waals surface area contributed by atoms with E-state index in [2.05, 4.69) is 22.1 Å². The maximum Gasteiger partial charge on any atom is 0.194 e. The highest BCUT2D eigenvalue weighted by Crippen LogP contribution is 2.42. The summed E-state index contributed by atoms with van der Waals surface area (Å²) in [6, 6.07) is 0. The molecule has 0 aromatic rings. The number of aliphatic hydroxyl groups excluding tert-OH is 1. The lowest BCUT2D eigenvalue weighted by Crippen LogP contribution is -2.50. The first-order chi connectivity index (χ1) is 9.79. The number of aliphatic hydroxyl groups is 1. The van der Waals surface area contributed by atoms with Crippen LogP contribution >= 0.6 is 0 Å². The van der Waals surface area contributed by atoms with Gasteiger partial charge >= 0.3 is 0 Å². The van der Waals surface area contributed by atoms with Gasteiger partial charge in [-0.15, -0.1) is 0 Å². The SMILES string of the molecule is CCNC(=NCCO)N1CCCC2(CCCCCC2)C1. The van der Waals surface area contributed by atoms with E-state index in [0.717, 1.165) is 25.6 Å². The molecule has 2 fully saturated rings. The number of rotatable bonds is 3. The topological polar surface area (TPSA) is 47.9 Å². The summed E-state index contributed by atoms with van der Waals surface area (Å²) in [5.74, 6) is 1.00. The quantitative estimate of drug-likeness (QED) is 0.617. The predicted octanol–water partition coefficient (Wildman–Crippen LogP) is 2.38. The zero-order valence-corrected chi connectivity index (χ0v) is 13.0. The first-order valence-electron chi connectivity index (χ1n) is 8.44. The number of piperidine rings is 1. The molecular weight excluding hydrogens is 250 g/mol. The number of guanidine groups is 1. The second kappa shape index (κ2) is 7.87. The Labute approximate surface area is 123 Å². The highest BCUT2D eigenvalue weighted by atomic mass is 16.3. The minimum atomic E-state index is 0.133. The molecule has 4 heteroatoms. The van der Waals surface area contributed by atoms with Crippen LogP contribution in [0.15, 0.2) is 4.99 Å². The highest BCUT2D eigenvalue weighted by Gasteiger charge is 2.36. The maximum atomic E-state index is 9.01. The summed E-state index contributed by atoms with van der Waals surface area (Å²) in [5.41, 5.74) is 0.532. The molecule has 0 aromatic carbocycles. The van der Waals surface area contributed by atoms with Crippen molar-refractivity contribution in [1.82, 2.24) is 10.2 Å². The molecule has 20 heavy (non-hydrogen) atoms. The number of aliphatic imine (C=N–C) groups is 1. The van der Waals surface area contributed by atoms with Crippen molar-refractivity contribution in [3.63, 3.8) is 0 Å². The van der Waals surface area contributed by atoms with Gasteiger partial charge in [0, 0.05) is 19.6 Å². The normalized spacial score (nSPS) is 23.7. The van der Waals surface area contributed by atoms with Gasteiger partial charge in [-0.25, -0.2) is 0 Å². The van der Waals surface area contributed by atoms with Gasteiger partial charge in [-0.1, -0.05) is 25.7 Å². The summed E-state index contributed by atoms with van der Waals surface area (Å²) >= 11 is 0. The first-order valence-corrected chi connectivity index (χ1v) is 8.44. The van der Waals surface area contributed by atoms with E-state index in [1.54, 1.807) is 0 Å². The molecule has 0 radical (unpaired) electrons. The number of nitrogens with zero attached hydrogens (tertiary/aromatic N) is 2. The third-order valence-corrected chi connectivity index (χ3v) is 4.82.